The molecule has 2 rings (SSSR count). The summed E-state index contributed by atoms with van der Waals surface area (Å²) in [4.78, 5) is 6.37. The summed E-state index contributed by atoms with van der Waals surface area (Å²) in [5, 5.41) is 12.5. The summed E-state index contributed by atoms with van der Waals surface area (Å²) in [6, 6.07) is 0.637. The average molecular weight is 225 g/mol. The zero-order chi connectivity index (χ0) is 11.4. The first-order chi connectivity index (χ1) is 7.79. The molecule has 1 N–H and O–H groups in total. The summed E-state index contributed by atoms with van der Waals surface area (Å²) in [7, 11) is 2.10. The molecule has 1 saturated carbocycles. The van der Waals surface area contributed by atoms with Crippen LogP contribution in [-0.2, 0) is 13.2 Å². The molecule has 0 aliphatic heterocycles. The van der Waals surface area contributed by atoms with Crippen molar-refractivity contribution in [3.05, 3.63) is 11.7 Å². The van der Waals surface area contributed by atoms with E-state index in [-0.39, 0.29) is 6.61 Å². The van der Waals surface area contributed by atoms with Crippen LogP contribution in [0.15, 0.2) is 4.52 Å². The van der Waals surface area contributed by atoms with Crippen molar-refractivity contribution >= 4 is 0 Å². The molecule has 1 aromatic rings. The van der Waals surface area contributed by atoms with Crippen molar-refractivity contribution in [3.63, 3.8) is 0 Å². The lowest BCUT2D eigenvalue weighted by atomic mass is 9.94. The van der Waals surface area contributed by atoms with E-state index in [1.807, 2.05) is 0 Å². The predicted octanol–water partition coefficient (Wildman–Crippen LogP) is 1.33. The summed E-state index contributed by atoms with van der Waals surface area (Å²) >= 11 is 0. The number of aliphatic hydroxyl groups excluding tert-OH is 1. The average Bonchev–Trinajstić information content (AvgIpc) is 2.78. The van der Waals surface area contributed by atoms with Gasteiger partial charge in [-0.2, -0.15) is 4.98 Å². The van der Waals surface area contributed by atoms with Crippen molar-refractivity contribution in [3.8, 4) is 0 Å². The van der Waals surface area contributed by atoms with E-state index in [4.69, 9.17) is 9.63 Å². The van der Waals surface area contributed by atoms with E-state index in [2.05, 4.69) is 22.1 Å². The fourth-order valence-electron chi connectivity index (χ4n) is 2.28. The van der Waals surface area contributed by atoms with Crippen LogP contribution in [0.3, 0.4) is 0 Å². The standard InChI is InChI=1S/C11H19N3O2/c1-14(9-5-3-2-4-6-9)7-11-12-10(8-15)13-16-11/h9,15H,2-8H2,1H3. The van der Waals surface area contributed by atoms with Crippen LogP contribution in [0.5, 0.6) is 0 Å². The molecule has 1 fully saturated rings. The molecule has 16 heavy (non-hydrogen) atoms. The smallest absolute Gasteiger partial charge is 0.240 e. The molecule has 5 nitrogen and oxygen atoms in total. The summed E-state index contributed by atoms with van der Waals surface area (Å²) in [6.07, 6.45) is 6.52. The number of rotatable bonds is 4. The van der Waals surface area contributed by atoms with E-state index < -0.39 is 0 Å². The summed E-state index contributed by atoms with van der Waals surface area (Å²) in [5.41, 5.74) is 0. The van der Waals surface area contributed by atoms with E-state index >= 15 is 0 Å². The topological polar surface area (TPSA) is 62.4 Å². The molecule has 0 unspecified atom stereocenters. The maximum Gasteiger partial charge on any atom is 0.240 e. The second-order valence-corrected chi connectivity index (χ2v) is 4.47. The highest BCUT2D eigenvalue weighted by Crippen LogP contribution is 2.22. The van der Waals surface area contributed by atoms with Crippen molar-refractivity contribution in [2.24, 2.45) is 0 Å². The Balaban J connectivity index is 1.87. The SMILES string of the molecule is CN(Cc1nc(CO)no1)C1CCCCC1. The zero-order valence-corrected chi connectivity index (χ0v) is 9.72. The fourth-order valence-corrected chi connectivity index (χ4v) is 2.28. The van der Waals surface area contributed by atoms with Gasteiger partial charge in [0.1, 0.15) is 6.61 Å². The second kappa shape index (κ2) is 5.41. The van der Waals surface area contributed by atoms with Crippen LogP contribution >= 0.6 is 0 Å². The molecule has 0 atom stereocenters. The fraction of sp³-hybridized carbons (Fsp3) is 0.818. The third kappa shape index (κ3) is 2.80. The number of nitrogens with zero attached hydrogens (tertiary/aromatic N) is 3. The van der Waals surface area contributed by atoms with Crippen LogP contribution in [0.1, 0.15) is 43.8 Å². The molecule has 0 spiro atoms. The number of aromatic nitrogens is 2. The van der Waals surface area contributed by atoms with Crippen LogP contribution in [0, 0.1) is 0 Å². The zero-order valence-electron chi connectivity index (χ0n) is 9.72. The Morgan fingerprint density at radius 3 is 2.75 bits per heavy atom. The number of aliphatic hydroxyl groups is 1. The van der Waals surface area contributed by atoms with Crippen LogP contribution in [0.2, 0.25) is 0 Å². The normalized spacial score (nSPS) is 18.2. The highest BCUT2D eigenvalue weighted by molar-refractivity contribution is 4.85. The van der Waals surface area contributed by atoms with Crippen LogP contribution < -0.4 is 0 Å². The number of hydrogen-bond donors (Lipinski definition) is 1. The van der Waals surface area contributed by atoms with Gasteiger partial charge >= 0.3 is 0 Å². The Kier molecular flexibility index (Phi) is 3.90. The highest BCUT2D eigenvalue weighted by atomic mass is 16.5. The molecular weight excluding hydrogens is 206 g/mol. The summed E-state index contributed by atoms with van der Waals surface area (Å²) in [5.74, 6) is 0.962. The van der Waals surface area contributed by atoms with Gasteiger partial charge < -0.3 is 9.63 Å². The van der Waals surface area contributed by atoms with Gasteiger partial charge in [0.2, 0.25) is 5.89 Å². The van der Waals surface area contributed by atoms with E-state index in [1.165, 1.54) is 32.1 Å². The monoisotopic (exact) mass is 225 g/mol. The van der Waals surface area contributed by atoms with E-state index in [1.54, 1.807) is 0 Å². The van der Waals surface area contributed by atoms with Crippen LogP contribution in [0.25, 0.3) is 0 Å². The Morgan fingerprint density at radius 2 is 2.12 bits per heavy atom. The lowest BCUT2D eigenvalue weighted by Gasteiger charge is -2.29. The molecule has 1 aliphatic rings. The molecule has 90 valence electrons. The van der Waals surface area contributed by atoms with E-state index in [9.17, 15) is 0 Å². The lowest BCUT2D eigenvalue weighted by Crippen LogP contribution is -2.32. The van der Waals surface area contributed by atoms with Gasteiger partial charge in [0, 0.05) is 6.04 Å². The van der Waals surface area contributed by atoms with Crippen molar-refractivity contribution < 1.29 is 9.63 Å². The molecule has 1 aromatic heterocycles. The maximum atomic E-state index is 8.84. The Hall–Kier alpha value is -0.940. The molecule has 0 radical (unpaired) electrons. The van der Waals surface area contributed by atoms with Crippen LogP contribution in [0.4, 0.5) is 0 Å². The third-order valence-electron chi connectivity index (χ3n) is 3.23. The minimum Gasteiger partial charge on any atom is -0.388 e. The van der Waals surface area contributed by atoms with Gasteiger partial charge in [0.05, 0.1) is 6.54 Å². The first-order valence-corrected chi connectivity index (χ1v) is 5.92. The molecule has 5 heteroatoms. The third-order valence-corrected chi connectivity index (χ3v) is 3.23. The van der Waals surface area contributed by atoms with Gasteiger partial charge in [-0.25, -0.2) is 0 Å². The molecule has 1 heterocycles. The van der Waals surface area contributed by atoms with Gasteiger partial charge in [0.15, 0.2) is 5.82 Å². The Morgan fingerprint density at radius 1 is 1.38 bits per heavy atom. The highest BCUT2D eigenvalue weighted by Gasteiger charge is 2.19. The largest absolute Gasteiger partial charge is 0.388 e. The van der Waals surface area contributed by atoms with Gasteiger partial charge in [-0.1, -0.05) is 24.4 Å². The van der Waals surface area contributed by atoms with Crippen LogP contribution in [-0.4, -0.2) is 33.2 Å². The number of hydrogen-bond acceptors (Lipinski definition) is 5. The summed E-state index contributed by atoms with van der Waals surface area (Å²) in [6.45, 7) is 0.522. The minimum absolute atomic E-state index is 0.156. The van der Waals surface area contributed by atoms with Gasteiger partial charge in [-0.05, 0) is 19.9 Å². The van der Waals surface area contributed by atoms with Crippen molar-refractivity contribution in [1.82, 2.24) is 15.0 Å². The second-order valence-electron chi connectivity index (χ2n) is 4.47. The van der Waals surface area contributed by atoms with Gasteiger partial charge in [0.25, 0.3) is 0 Å². The molecule has 0 saturated heterocycles. The molecule has 1 aliphatic carbocycles. The van der Waals surface area contributed by atoms with Gasteiger partial charge in [-0.15, -0.1) is 0 Å². The minimum atomic E-state index is -0.156. The molecule has 0 bridgehead atoms. The van der Waals surface area contributed by atoms with Gasteiger partial charge in [-0.3, -0.25) is 4.90 Å². The molecule has 0 aromatic carbocycles. The Bertz CT molecular complexity index is 321. The van der Waals surface area contributed by atoms with E-state index in [0.29, 0.717) is 24.3 Å². The van der Waals surface area contributed by atoms with E-state index in [0.717, 1.165) is 0 Å². The Labute approximate surface area is 95.4 Å². The first kappa shape index (κ1) is 11.5. The van der Waals surface area contributed by atoms with Crippen molar-refractivity contribution in [1.29, 1.82) is 0 Å². The molecular formula is C11H19N3O2. The predicted molar refractivity (Wildman–Crippen MR) is 58.6 cm³/mol. The molecule has 0 amide bonds. The maximum absolute atomic E-state index is 8.84. The summed E-state index contributed by atoms with van der Waals surface area (Å²) < 4.78 is 5.05. The lowest BCUT2D eigenvalue weighted by molar-refractivity contribution is 0.164. The quantitative estimate of drug-likeness (QED) is 0.837. The first-order valence-electron chi connectivity index (χ1n) is 5.92. The van der Waals surface area contributed by atoms with Crippen molar-refractivity contribution in [2.75, 3.05) is 7.05 Å². The van der Waals surface area contributed by atoms with Crippen molar-refractivity contribution in [2.45, 2.75) is 51.3 Å².